The van der Waals surface area contributed by atoms with Crippen molar-refractivity contribution in [1.29, 1.82) is 0 Å². The van der Waals surface area contributed by atoms with E-state index in [1.54, 1.807) is 6.42 Å². The molecule has 5 unspecified atom stereocenters. The van der Waals surface area contributed by atoms with Crippen LogP contribution in [0.3, 0.4) is 0 Å². The molecule has 5 atom stereocenters. The van der Waals surface area contributed by atoms with Gasteiger partial charge in [0.2, 0.25) is 0 Å². The quantitative estimate of drug-likeness (QED) is 0.529. The van der Waals surface area contributed by atoms with Crippen molar-refractivity contribution in [2.75, 3.05) is 0 Å². The first-order valence-corrected chi connectivity index (χ1v) is 8.47. The maximum Gasteiger partial charge on any atom is -0.0172 e. The van der Waals surface area contributed by atoms with Crippen molar-refractivity contribution in [1.82, 2.24) is 0 Å². The maximum absolute atomic E-state index is 2.67. The van der Waals surface area contributed by atoms with Crippen molar-refractivity contribution in [3.8, 4) is 0 Å². The van der Waals surface area contributed by atoms with Gasteiger partial charge in [-0.25, -0.2) is 0 Å². The number of hydrogen-bond acceptors (Lipinski definition) is 0. The second-order valence-corrected chi connectivity index (χ2v) is 7.36. The van der Waals surface area contributed by atoms with Crippen molar-refractivity contribution in [2.45, 2.75) is 71.6 Å². The highest BCUT2D eigenvalue weighted by molar-refractivity contribution is 5.18. The molecule has 3 aliphatic carbocycles. The number of hydrogen-bond donors (Lipinski definition) is 0. The minimum Gasteiger partial charge on any atom is -0.0845 e. The highest BCUT2D eigenvalue weighted by Gasteiger charge is 2.38. The van der Waals surface area contributed by atoms with E-state index in [0.717, 1.165) is 29.6 Å². The first-order valence-electron chi connectivity index (χ1n) is 8.47. The summed E-state index contributed by atoms with van der Waals surface area (Å²) < 4.78 is 0. The maximum atomic E-state index is 2.67. The summed E-state index contributed by atoms with van der Waals surface area (Å²) in [7, 11) is 0. The SMILES string of the molecule is CCC1CCCC2C3=CCC(C)CC3CCC2C1. The van der Waals surface area contributed by atoms with Gasteiger partial charge in [-0.05, 0) is 68.1 Å². The van der Waals surface area contributed by atoms with Gasteiger partial charge < -0.3 is 0 Å². The number of fused-ring (bicyclic) bond motifs is 3. The van der Waals surface area contributed by atoms with Crippen LogP contribution >= 0.6 is 0 Å². The van der Waals surface area contributed by atoms with Crippen LogP contribution in [-0.2, 0) is 0 Å². The Morgan fingerprint density at radius 1 is 1.11 bits per heavy atom. The summed E-state index contributed by atoms with van der Waals surface area (Å²) in [5.74, 6) is 5.01. The average Bonchev–Trinajstić information content (AvgIpc) is 2.60. The lowest BCUT2D eigenvalue weighted by Gasteiger charge is -2.42. The molecule has 3 rings (SSSR count). The molecule has 2 saturated carbocycles. The Balaban J connectivity index is 1.77. The molecule has 0 aromatic rings. The summed E-state index contributed by atoms with van der Waals surface area (Å²) in [5.41, 5.74) is 1.92. The summed E-state index contributed by atoms with van der Waals surface area (Å²) in [6, 6.07) is 0. The summed E-state index contributed by atoms with van der Waals surface area (Å²) in [6.07, 6.45) is 16.1. The van der Waals surface area contributed by atoms with Gasteiger partial charge >= 0.3 is 0 Å². The Hall–Kier alpha value is -0.260. The van der Waals surface area contributed by atoms with Crippen molar-refractivity contribution in [2.24, 2.45) is 29.6 Å². The lowest BCUT2D eigenvalue weighted by Crippen LogP contribution is -2.30. The zero-order valence-corrected chi connectivity index (χ0v) is 12.3. The second kappa shape index (κ2) is 5.39. The Labute approximate surface area is 113 Å². The molecule has 0 amide bonds. The lowest BCUT2D eigenvalue weighted by molar-refractivity contribution is 0.201. The third-order valence-electron chi connectivity index (χ3n) is 6.14. The van der Waals surface area contributed by atoms with Gasteiger partial charge in [0.25, 0.3) is 0 Å². The molecule has 0 bridgehead atoms. The molecule has 0 heteroatoms. The van der Waals surface area contributed by atoms with Gasteiger partial charge in [-0.3, -0.25) is 0 Å². The Kier molecular flexibility index (Phi) is 3.82. The molecule has 0 aromatic heterocycles. The predicted octanol–water partition coefficient (Wildman–Crippen LogP) is 5.59. The molecule has 0 aliphatic heterocycles. The second-order valence-electron chi connectivity index (χ2n) is 7.36. The molecule has 0 aromatic carbocycles. The van der Waals surface area contributed by atoms with Crippen LogP contribution < -0.4 is 0 Å². The standard InChI is InChI=1S/C18H30/c1-3-14-5-4-6-17-16(12-14)9-8-15-11-13(2)7-10-18(15)17/h10,13-17H,3-9,11-12H2,1-2H3. The molecule has 102 valence electrons. The lowest BCUT2D eigenvalue weighted by atomic mass is 9.63. The van der Waals surface area contributed by atoms with E-state index < -0.39 is 0 Å². The highest BCUT2D eigenvalue weighted by Crippen LogP contribution is 2.50. The van der Waals surface area contributed by atoms with Crippen molar-refractivity contribution >= 4 is 0 Å². The summed E-state index contributed by atoms with van der Waals surface area (Å²) in [4.78, 5) is 0. The molecular weight excluding hydrogens is 216 g/mol. The Morgan fingerprint density at radius 2 is 2.00 bits per heavy atom. The first-order chi connectivity index (χ1) is 8.78. The van der Waals surface area contributed by atoms with Gasteiger partial charge in [-0.15, -0.1) is 0 Å². The van der Waals surface area contributed by atoms with Crippen LogP contribution in [-0.4, -0.2) is 0 Å². The molecule has 2 fully saturated rings. The fraction of sp³-hybridized carbons (Fsp3) is 0.889. The Morgan fingerprint density at radius 3 is 2.83 bits per heavy atom. The van der Waals surface area contributed by atoms with Gasteiger partial charge in [-0.2, -0.15) is 0 Å². The van der Waals surface area contributed by atoms with E-state index in [2.05, 4.69) is 19.9 Å². The summed E-state index contributed by atoms with van der Waals surface area (Å²) in [6.45, 7) is 4.84. The van der Waals surface area contributed by atoms with Gasteiger partial charge in [0.1, 0.15) is 0 Å². The van der Waals surface area contributed by atoms with Crippen LogP contribution in [0.25, 0.3) is 0 Å². The largest absolute Gasteiger partial charge is 0.0845 e. The fourth-order valence-corrected chi connectivity index (χ4v) is 5.08. The van der Waals surface area contributed by atoms with E-state index in [4.69, 9.17) is 0 Å². The third kappa shape index (κ3) is 2.40. The smallest absolute Gasteiger partial charge is 0.0172 e. The van der Waals surface area contributed by atoms with E-state index in [-0.39, 0.29) is 0 Å². The van der Waals surface area contributed by atoms with E-state index in [0.29, 0.717) is 0 Å². The topological polar surface area (TPSA) is 0 Å². The normalized spacial score (nSPS) is 44.6. The van der Waals surface area contributed by atoms with Crippen LogP contribution in [0, 0.1) is 29.6 Å². The van der Waals surface area contributed by atoms with Crippen molar-refractivity contribution in [3.05, 3.63) is 11.6 Å². The summed E-state index contributed by atoms with van der Waals surface area (Å²) >= 11 is 0. The van der Waals surface area contributed by atoms with Gasteiger partial charge in [0.15, 0.2) is 0 Å². The van der Waals surface area contributed by atoms with Gasteiger partial charge in [-0.1, -0.05) is 44.8 Å². The average molecular weight is 246 g/mol. The van der Waals surface area contributed by atoms with Crippen LogP contribution in [0.15, 0.2) is 11.6 Å². The van der Waals surface area contributed by atoms with E-state index in [9.17, 15) is 0 Å². The molecule has 18 heavy (non-hydrogen) atoms. The molecule has 0 nitrogen and oxygen atoms in total. The monoisotopic (exact) mass is 246 g/mol. The molecule has 0 spiro atoms. The molecule has 0 saturated heterocycles. The van der Waals surface area contributed by atoms with Crippen LogP contribution in [0.2, 0.25) is 0 Å². The fourth-order valence-electron chi connectivity index (χ4n) is 5.08. The first kappa shape index (κ1) is 12.8. The van der Waals surface area contributed by atoms with Crippen molar-refractivity contribution < 1.29 is 0 Å². The van der Waals surface area contributed by atoms with Crippen LogP contribution in [0.4, 0.5) is 0 Å². The molecule has 3 aliphatic rings. The molecule has 0 N–H and O–H groups in total. The highest BCUT2D eigenvalue weighted by atomic mass is 14.4. The van der Waals surface area contributed by atoms with E-state index in [1.807, 2.05) is 5.57 Å². The number of allylic oxidation sites excluding steroid dienone is 2. The molecular formula is C18H30. The Bertz CT molecular complexity index is 314. The minimum absolute atomic E-state index is 0.949. The summed E-state index contributed by atoms with van der Waals surface area (Å²) in [5, 5.41) is 0. The van der Waals surface area contributed by atoms with Crippen LogP contribution in [0.5, 0.6) is 0 Å². The van der Waals surface area contributed by atoms with Crippen molar-refractivity contribution in [3.63, 3.8) is 0 Å². The van der Waals surface area contributed by atoms with Gasteiger partial charge in [0.05, 0.1) is 0 Å². The zero-order valence-electron chi connectivity index (χ0n) is 12.3. The molecule has 0 radical (unpaired) electrons. The minimum atomic E-state index is 0.949. The third-order valence-corrected chi connectivity index (χ3v) is 6.14. The predicted molar refractivity (Wildman–Crippen MR) is 78.4 cm³/mol. The molecule has 0 heterocycles. The van der Waals surface area contributed by atoms with Gasteiger partial charge in [0, 0.05) is 0 Å². The van der Waals surface area contributed by atoms with E-state index in [1.165, 1.54) is 51.4 Å². The zero-order chi connectivity index (χ0) is 12.5. The van der Waals surface area contributed by atoms with Crippen LogP contribution in [0.1, 0.15) is 71.6 Å². The van der Waals surface area contributed by atoms with E-state index >= 15 is 0 Å². The number of rotatable bonds is 1.